The van der Waals surface area contributed by atoms with Crippen LogP contribution in [0.15, 0.2) is 24.3 Å². The number of nitrogens with zero attached hydrogens (tertiary/aromatic N) is 1. The van der Waals surface area contributed by atoms with E-state index < -0.39 is 0 Å². The lowest BCUT2D eigenvalue weighted by Crippen LogP contribution is -2.46. The van der Waals surface area contributed by atoms with Gasteiger partial charge in [-0.05, 0) is 64.7 Å². The second kappa shape index (κ2) is 5.80. The van der Waals surface area contributed by atoms with E-state index in [4.69, 9.17) is 0 Å². The van der Waals surface area contributed by atoms with Crippen LogP contribution >= 0.6 is 0 Å². The number of amides is 1. The molecule has 1 saturated carbocycles. The minimum atomic E-state index is -0.114. The zero-order chi connectivity index (χ0) is 14.9. The van der Waals surface area contributed by atoms with E-state index in [9.17, 15) is 4.79 Å². The molecule has 21 heavy (non-hydrogen) atoms. The number of benzene rings is 1. The van der Waals surface area contributed by atoms with E-state index >= 15 is 0 Å². The molecule has 3 rings (SSSR count). The largest absolute Gasteiger partial charge is 0.353 e. The van der Waals surface area contributed by atoms with Crippen molar-refractivity contribution < 1.29 is 4.79 Å². The van der Waals surface area contributed by atoms with Crippen LogP contribution in [0.3, 0.4) is 0 Å². The normalized spacial score (nSPS) is 22.0. The first-order chi connectivity index (χ1) is 10.1. The van der Waals surface area contributed by atoms with E-state index in [1.807, 2.05) is 0 Å². The van der Waals surface area contributed by atoms with Gasteiger partial charge < -0.3 is 10.2 Å². The molecule has 1 aromatic rings. The first-order valence-corrected chi connectivity index (χ1v) is 8.12. The Morgan fingerprint density at radius 3 is 2.67 bits per heavy atom. The predicted molar refractivity (Wildman–Crippen MR) is 85.2 cm³/mol. The van der Waals surface area contributed by atoms with Crippen molar-refractivity contribution in [3.8, 4) is 0 Å². The highest BCUT2D eigenvalue weighted by molar-refractivity contribution is 5.85. The van der Waals surface area contributed by atoms with Crippen molar-refractivity contribution in [2.45, 2.75) is 45.1 Å². The second-order valence-electron chi connectivity index (χ2n) is 7.00. The van der Waals surface area contributed by atoms with Crippen LogP contribution in [0.5, 0.6) is 0 Å². The van der Waals surface area contributed by atoms with Gasteiger partial charge in [-0.3, -0.25) is 4.79 Å². The number of hydrogen-bond acceptors (Lipinski definition) is 2. The predicted octanol–water partition coefficient (Wildman–Crippen LogP) is 2.53. The van der Waals surface area contributed by atoms with Crippen molar-refractivity contribution in [3.63, 3.8) is 0 Å². The lowest BCUT2D eigenvalue weighted by molar-refractivity contribution is -0.127. The summed E-state index contributed by atoms with van der Waals surface area (Å²) in [5, 5.41) is 3.31. The maximum Gasteiger partial charge on any atom is 0.226 e. The Hall–Kier alpha value is -1.35. The minimum Gasteiger partial charge on any atom is -0.353 e. The summed E-state index contributed by atoms with van der Waals surface area (Å²) in [4.78, 5) is 15.0. The van der Waals surface area contributed by atoms with Crippen LogP contribution in [0.2, 0.25) is 0 Å². The fourth-order valence-corrected chi connectivity index (χ4v) is 3.34. The fraction of sp³-hybridized carbons (Fsp3) is 0.611. The van der Waals surface area contributed by atoms with Crippen molar-refractivity contribution in [1.82, 2.24) is 10.2 Å². The van der Waals surface area contributed by atoms with Crippen LogP contribution in [0.25, 0.3) is 0 Å². The Morgan fingerprint density at radius 1 is 1.33 bits per heavy atom. The van der Waals surface area contributed by atoms with Gasteiger partial charge >= 0.3 is 0 Å². The fourth-order valence-electron chi connectivity index (χ4n) is 3.34. The third kappa shape index (κ3) is 3.46. The van der Waals surface area contributed by atoms with Crippen molar-refractivity contribution in [2.24, 2.45) is 5.41 Å². The highest BCUT2D eigenvalue weighted by Gasteiger charge is 2.49. The van der Waals surface area contributed by atoms with E-state index in [0.717, 1.165) is 45.2 Å². The molecule has 0 atom stereocenters. The van der Waals surface area contributed by atoms with Gasteiger partial charge in [0.2, 0.25) is 5.91 Å². The van der Waals surface area contributed by atoms with Gasteiger partial charge in [-0.1, -0.05) is 29.8 Å². The van der Waals surface area contributed by atoms with Crippen LogP contribution < -0.4 is 5.32 Å². The van der Waals surface area contributed by atoms with Crippen LogP contribution in [0, 0.1) is 12.3 Å². The number of carbonyl (C=O) groups is 1. The topological polar surface area (TPSA) is 32.3 Å². The summed E-state index contributed by atoms with van der Waals surface area (Å²) < 4.78 is 0. The Kier molecular flexibility index (Phi) is 4.03. The Labute approximate surface area is 127 Å². The zero-order valence-corrected chi connectivity index (χ0v) is 13.2. The molecule has 0 unspecified atom stereocenters. The Bertz CT molecular complexity index is 514. The third-order valence-corrected chi connectivity index (χ3v) is 5.01. The average Bonchev–Trinajstić information content (AvgIpc) is 3.22. The molecule has 2 fully saturated rings. The number of rotatable bonds is 4. The molecule has 0 radical (unpaired) electrons. The Morgan fingerprint density at radius 2 is 2.05 bits per heavy atom. The molecule has 1 amide bonds. The summed E-state index contributed by atoms with van der Waals surface area (Å²) in [6.45, 7) is 4.30. The monoisotopic (exact) mass is 286 g/mol. The number of hydrogen-bond donors (Lipinski definition) is 1. The lowest BCUT2D eigenvalue weighted by atomic mass is 9.93. The average molecular weight is 286 g/mol. The van der Waals surface area contributed by atoms with Gasteiger partial charge in [0.1, 0.15) is 0 Å². The maximum atomic E-state index is 12.6. The second-order valence-corrected chi connectivity index (χ2v) is 7.00. The quantitative estimate of drug-likeness (QED) is 0.922. The molecular weight excluding hydrogens is 260 g/mol. The number of aryl methyl sites for hydroxylation is 1. The molecule has 1 N–H and O–H groups in total. The molecule has 1 saturated heterocycles. The molecular formula is C18H26N2O. The minimum absolute atomic E-state index is 0.114. The number of nitrogens with one attached hydrogen (secondary N) is 1. The molecule has 2 aliphatic rings. The summed E-state index contributed by atoms with van der Waals surface area (Å²) in [6, 6.07) is 8.94. The molecule has 3 nitrogen and oxygen atoms in total. The van der Waals surface area contributed by atoms with Crippen LogP contribution in [0.1, 0.15) is 36.8 Å². The number of carbonyl (C=O) groups excluding carboxylic acids is 1. The maximum absolute atomic E-state index is 12.6. The van der Waals surface area contributed by atoms with Crippen LogP contribution in [-0.4, -0.2) is 37.0 Å². The SMILES string of the molecule is Cc1cccc(CC2(C(=O)NC3CCN(C)CC3)CC2)c1. The number of piperidine rings is 1. The third-order valence-electron chi connectivity index (χ3n) is 5.01. The highest BCUT2D eigenvalue weighted by Crippen LogP contribution is 2.48. The van der Waals surface area contributed by atoms with Gasteiger partial charge in [0.05, 0.1) is 5.41 Å². The molecule has 1 aliphatic carbocycles. The van der Waals surface area contributed by atoms with E-state index in [0.29, 0.717) is 11.9 Å². The van der Waals surface area contributed by atoms with Crippen LogP contribution in [-0.2, 0) is 11.2 Å². The van der Waals surface area contributed by atoms with Gasteiger partial charge in [-0.15, -0.1) is 0 Å². The molecule has 114 valence electrons. The van der Waals surface area contributed by atoms with Gasteiger partial charge in [0.25, 0.3) is 0 Å². The van der Waals surface area contributed by atoms with Crippen molar-refractivity contribution in [3.05, 3.63) is 35.4 Å². The van der Waals surface area contributed by atoms with E-state index in [2.05, 4.69) is 48.5 Å². The van der Waals surface area contributed by atoms with Crippen molar-refractivity contribution in [2.75, 3.05) is 20.1 Å². The molecule has 1 heterocycles. The molecule has 3 heteroatoms. The summed E-state index contributed by atoms with van der Waals surface area (Å²) in [6.07, 6.45) is 5.15. The molecule has 0 bridgehead atoms. The van der Waals surface area contributed by atoms with E-state index in [1.54, 1.807) is 0 Å². The van der Waals surface area contributed by atoms with Crippen molar-refractivity contribution in [1.29, 1.82) is 0 Å². The first-order valence-electron chi connectivity index (χ1n) is 8.12. The summed E-state index contributed by atoms with van der Waals surface area (Å²) in [7, 11) is 2.15. The first kappa shape index (κ1) is 14.6. The summed E-state index contributed by atoms with van der Waals surface area (Å²) in [5.41, 5.74) is 2.46. The van der Waals surface area contributed by atoms with Gasteiger partial charge in [-0.2, -0.15) is 0 Å². The molecule has 0 spiro atoms. The van der Waals surface area contributed by atoms with Crippen LogP contribution in [0.4, 0.5) is 0 Å². The van der Waals surface area contributed by atoms with Crippen molar-refractivity contribution >= 4 is 5.91 Å². The number of likely N-dealkylation sites (tertiary alicyclic amines) is 1. The van der Waals surface area contributed by atoms with Gasteiger partial charge in [0.15, 0.2) is 0 Å². The van der Waals surface area contributed by atoms with Gasteiger partial charge in [-0.25, -0.2) is 0 Å². The summed E-state index contributed by atoms with van der Waals surface area (Å²) >= 11 is 0. The van der Waals surface area contributed by atoms with E-state index in [1.165, 1.54) is 11.1 Å². The summed E-state index contributed by atoms with van der Waals surface area (Å²) in [5.74, 6) is 0.290. The smallest absolute Gasteiger partial charge is 0.226 e. The van der Waals surface area contributed by atoms with Gasteiger partial charge in [0, 0.05) is 6.04 Å². The standard InChI is InChI=1S/C18H26N2O/c1-14-4-3-5-15(12-14)13-18(8-9-18)17(21)19-16-6-10-20(2)11-7-16/h3-5,12,16H,6-11,13H2,1-2H3,(H,19,21). The van der Waals surface area contributed by atoms with E-state index in [-0.39, 0.29) is 5.41 Å². The lowest BCUT2D eigenvalue weighted by Gasteiger charge is -2.30. The zero-order valence-electron chi connectivity index (χ0n) is 13.2. The Balaban J connectivity index is 1.59. The molecule has 0 aromatic heterocycles. The molecule has 1 aromatic carbocycles. The molecule has 1 aliphatic heterocycles. The highest BCUT2D eigenvalue weighted by atomic mass is 16.2.